The van der Waals surface area contributed by atoms with Crippen molar-refractivity contribution in [3.8, 4) is 17.6 Å². The fourth-order valence-corrected chi connectivity index (χ4v) is 6.47. The number of aliphatic hydroxyl groups excluding tert-OH is 3. The van der Waals surface area contributed by atoms with Gasteiger partial charge in [-0.25, -0.2) is 0 Å². The number of hydrogen-bond acceptors (Lipinski definition) is 9. The monoisotopic (exact) mass is 544 g/mol. The lowest BCUT2D eigenvalue weighted by Gasteiger charge is -2.53. The van der Waals surface area contributed by atoms with Gasteiger partial charge in [0, 0.05) is 22.6 Å². The Morgan fingerprint density at radius 2 is 1.68 bits per heavy atom. The molecule has 2 aromatic carbocycles. The first-order valence-electron chi connectivity index (χ1n) is 12.6. The van der Waals surface area contributed by atoms with E-state index in [9.17, 15) is 39.9 Å². The van der Waals surface area contributed by atoms with Crippen LogP contribution in [0.3, 0.4) is 0 Å². The molecule has 0 radical (unpaired) electrons. The van der Waals surface area contributed by atoms with Gasteiger partial charge in [0.05, 0.1) is 23.6 Å². The van der Waals surface area contributed by atoms with E-state index in [4.69, 9.17) is 5.73 Å². The van der Waals surface area contributed by atoms with Crippen molar-refractivity contribution in [2.75, 3.05) is 14.1 Å². The second kappa shape index (κ2) is 9.34. The molecule has 0 unspecified atom stereocenters. The number of rotatable bonds is 2. The zero-order chi connectivity index (χ0) is 29.3. The number of carbonyl (C=O) groups is 3. The van der Waals surface area contributed by atoms with Crippen molar-refractivity contribution in [3.05, 3.63) is 81.6 Å². The third kappa shape index (κ3) is 3.59. The quantitative estimate of drug-likeness (QED) is 0.236. The normalized spacial score (nSPS) is 29.4. The smallest absolute Gasteiger partial charge is 0.255 e. The standard InChI is InChI=1S/C30H28N2O8/c1-13-17-15(10-9-14-7-5-4-6-8-14)11-12-16(33)19(17)24(34)20-18(13)25(35)22-23(32(2)3)26(36)21(29(31)39)28(38)30(22,40)27(20)37/h4-8,11-13,18,22-23,25,33-35,38,40H,1-3H3,(H2,31,39)/t13-,18+,22+,23-,25-,30-/m1/s1. The fraction of sp³-hybridized carbons (Fsp3) is 0.300. The van der Waals surface area contributed by atoms with Gasteiger partial charge in [-0.05, 0) is 49.8 Å². The number of likely N-dealkylation sites (N-methyl/N-ethyl adjacent to an activating group) is 1. The van der Waals surface area contributed by atoms with E-state index in [1.807, 2.05) is 30.3 Å². The lowest BCUT2D eigenvalue weighted by atomic mass is 9.54. The highest BCUT2D eigenvalue weighted by atomic mass is 16.4. The number of aliphatic hydroxyl groups is 4. The van der Waals surface area contributed by atoms with Crippen molar-refractivity contribution in [3.63, 3.8) is 0 Å². The minimum absolute atomic E-state index is 0.101. The number of phenolic OH excluding ortho intramolecular Hbond substituents is 1. The van der Waals surface area contributed by atoms with E-state index in [0.717, 1.165) is 0 Å². The van der Waals surface area contributed by atoms with Gasteiger partial charge in [0.15, 0.2) is 11.4 Å². The molecule has 0 heterocycles. The number of nitrogens with two attached hydrogens (primary N) is 1. The van der Waals surface area contributed by atoms with E-state index in [0.29, 0.717) is 16.7 Å². The van der Waals surface area contributed by atoms with E-state index in [1.54, 1.807) is 13.0 Å². The number of carbonyl (C=O) groups excluding carboxylic acids is 3. The van der Waals surface area contributed by atoms with E-state index in [2.05, 4.69) is 11.8 Å². The van der Waals surface area contributed by atoms with Crippen LogP contribution in [-0.2, 0) is 14.4 Å². The van der Waals surface area contributed by atoms with Crippen molar-refractivity contribution >= 4 is 23.2 Å². The Kier molecular flexibility index (Phi) is 6.34. The van der Waals surface area contributed by atoms with Crippen LogP contribution < -0.4 is 5.73 Å². The first-order chi connectivity index (χ1) is 18.8. The molecule has 10 nitrogen and oxygen atoms in total. The molecule has 0 aromatic heterocycles. The van der Waals surface area contributed by atoms with Crippen LogP contribution in [0.1, 0.15) is 35.1 Å². The Morgan fingerprint density at radius 1 is 1.02 bits per heavy atom. The predicted octanol–water partition coefficient (Wildman–Crippen LogP) is 0.896. The zero-order valence-corrected chi connectivity index (χ0v) is 21.9. The molecule has 206 valence electrons. The molecule has 2 aromatic rings. The second-order valence-electron chi connectivity index (χ2n) is 10.6. The summed E-state index contributed by atoms with van der Waals surface area (Å²) in [5, 5.41) is 56.6. The van der Waals surface area contributed by atoms with Gasteiger partial charge in [0.25, 0.3) is 5.91 Å². The molecule has 0 bridgehead atoms. The predicted molar refractivity (Wildman–Crippen MR) is 143 cm³/mol. The third-order valence-corrected chi connectivity index (χ3v) is 8.22. The van der Waals surface area contributed by atoms with E-state index in [-0.39, 0.29) is 11.3 Å². The summed E-state index contributed by atoms with van der Waals surface area (Å²) < 4.78 is 0. The van der Waals surface area contributed by atoms with Crippen molar-refractivity contribution in [1.29, 1.82) is 0 Å². The number of hydrogen-bond donors (Lipinski definition) is 6. The molecule has 40 heavy (non-hydrogen) atoms. The molecule has 5 rings (SSSR count). The number of nitrogens with zero attached hydrogens (tertiary/aromatic N) is 1. The van der Waals surface area contributed by atoms with Gasteiger partial charge in [0.1, 0.15) is 22.8 Å². The topological polar surface area (TPSA) is 182 Å². The summed E-state index contributed by atoms with van der Waals surface area (Å²) >= 11 is 0. The van der Waals surface area contributed by atoms with Crippen molar-refractivity contribution in [2.45, 2.75) is 30.6 Å². The molecule has 1 fully saturated rings. The minimum Gasteiger partial charge on any atom is -0.508 e. The summed E-state index contributed by atoms with van der Waals surface area (Å²) in [6.07, 6.45) is -1.67. The maximum atomic E-state index is 14.0. The highest BCUT2D eigenvalue weighted by Gasteiger charge is 2.68. The summed E-state index contributed by atoms with van der Waals surface area (Å²) in [5.74, 6) is -3.34. The molecule has 3 aliphatic rings. The maximum Gasteiger partial charge on any atom is 0.255 e. The SMILES string of the molecule is C[C@@H]1c2c(C#Cc3ccccc3)ccc(O)c2C(O)=C2C(=O)[C@@]3(O)C(O)=C(C(N)=O)C(=O)[C@H](N(C)C)[C@H]3[C@H](O)[C@H]21. The van der Waals surface area contributed by atoms with Gasteiger partial charge >= 0.3 is 0 Å². The zero-order valence-electron chi connectivity index (χ0n) is 21.9. The van der Waals surface area contributed by atoms with Gasteiger partial charge in [-0.3, -0.25) is 19.3 Å². The molecule has 3 aliphatic carbocycles. The number of Topliss-reactive ketones (excluding diaryl/α,β-unsaturated/α-hetero) is 2. The van der Waals surface area contributed by atoms with Crippen molar-refractivity contribution in [2.24, 2.45) is 17.6 Å². The highest BCUT2D eigenvalue weighted by molar-refractivity contribution is 6.24. The summed E-state index contributed by atoms with van der Waals surface area (Å²) in [6.45, 7) is 1.67. The van der Waals surface area contributed by atoms with E-state index >= 15 is 0 Å². The number of benzene rings is 2. The fourth-order valence-electron chi connectivity index (χ4n) is 6.47. The molecule has 0 aliphatic heterocycles. The maximum absolute atomic E-state index is 14.0. The Bertz CT molecular complexity index is 1600. The Balaban J connectivity index is 1.78. The largest absolute Gasteiger partial charge is 0.508 e. The molecule has 6 atom stereocenters. The van der Waals surface area contributed by atoms with E-state index < -0.39 is 75.6 Å². The summed E-state index contributed by atoms with van der Waals surface area (Å²) in [4.78, 5) is 40.8. The Morgan fingerprint density at radius 3 is 2.27 bits per heavy atom. The van der Waals surface area contributed by atoms with Crippen LogP contribution in [0.4, 0.5) is 0 Å². The van der Waals surface area contributed by atoms with Gasteiger partial charge in [0.2, 0.25) is 5.78 Å². The van der Waals surface area contributed by atoms with Crippen molar-refractivity contribution in [1.82, 2.24) is 4.90 Å². The highest BCUT2D eigenvalue weighted by Crippen LogP contribution is 2.56. The molecular formula is C30H28N2O8. The van der Waals surface area contributed by atoms with Gasteiger partial charge < -0.3 is 31.3 Å². The Labute approximate surface area is 229 Å². The van der Waals surface area contributed by atoms with Gasteiger partial charge in [-0.15, -0.1) is 0 Å². The lowest BCUT2D eigenvalue weighted by molar-refractivity contribution is -0.169. The van der Waals surface area contributed by atoms with Crippen LogP contribution in [0.2, 0.25) is 0 Å². The number of phenols is 1. The number of aromatic hydroxyl groups is 1. The van der Waals surface area contributed by atoms with Crippen LogP contribution in [0.5, 0.6) is 5.75 Å². The van der Waals surface area contributed by atoms with Crippen LogP contribution in [-0.4, -0.2) is 79.7 Å². The average molecular weight is 545 g/mol. The van der Waals surface area contributed by atoms with Crippen LogP contribution in [0, 0.1) is 23.7 Å². The molecule has 1 amide bonds. The first kappa shape index (κ1) is 27.1. The number of ketones is 2. The van der Waals surface area contributed by atoms with Gasteiger partial charge in [-0.1, -0.05) is 37.0 Å². The number of fused-ring (bicyclic) bond motifs is 3. The van der Waals surface area contributed by atoms with E-state index in [1.165, 1.54) is 25.1 Å². The number of amides is 1. The second-order valence-corrected chi connectivity index (χ2v) is 10.6. The van der Waals surface area contributed by atoms with Crippen LogP contribution >= 0.6 is 0 Å². The van der Waals surface area contributed by atoms with Gasteiger partial charge in [-0.2, -0.15) is 0 Å². The first-order valence-corrected chi connectivity index (χ1v) is 12.6. The minimum atomic E-state index is -2.95. The summed E-state index contributed by atoms with van der Waals surface area (Å²) in [7, 11) is 2.91. The molecular weight excluding hydrogens is 516 g/mol. The summed E-state index contributed by atoms with van der Waals surface area (Å²) in [5.41, 5.74) is 2.39. The molecule has 1 saturated carbocycles. The molecule has 0 saturated heterocycles. The molecule has 0 spiro atoms. The Hall–Kier alpha value is -4.43. The molecule has 7 N–H and O–H groups in total. The molecule has 10 heteroatoms. The van der Waals surface area contributed by atoms with Crippen LogP contribution in [0.25, 0.3) is 5.76 Å². The summed E-state index contributed by atoms with van der Waals surface area (Å²) in [6, 6.07) is 10.6. The third-order valence-electron chi connectivity index (χ3n) is 8.22. The lowest BCUT2D eigenvalue weighted by Crippen LogP contribution is -2.70. The van der Waals surface area contributed by atoms with Crippen molar-refractivity contribution < 1.29 is 39.9 Å². The van der Waals surface area contributed by atoms with Crippen LogP contribution in [0.15, 0.2) is 59.4 Å². The average Bonchev–Trinajstić information content (AvgIpc) is 2.90. The number of primary amides is 1.